The molecule has 0 amide bonds. The molecule has 1 atom stereocenters. The number of carbonyl (C=O) groups is 1. The molecule has 1 saturated heterocycles. The highest BCUT2D eigenvalue weighted by Crippen LogP contribution is 2.17. The van der Waals surface area contributed by atoms with Crippen LogP contribution in [-0.4, -0.2) is 70.3 Å². The van der Waals surface area contributed by atoms with Crippen LogP contribution in [0.2, 0.25) is 5.28 Å². The van der Waals surface area contributed by atoms with Gasteiger partial charge in [0.2, 0.25) is 11.2 Å². The molecule has 9 heteroatoms. The van der Waals surface area contributed by atoms with Crippen LogP contribution in [-0.2, 0) is 4.79 Å². The van der Waals surface area contributed by atoms with Gasteiger partial charge in [-0.3, -0.25) is 9.69 Å². The maximum absolute atomic E-state index is 11.0. The van der Waals surface area contributed by atoms with Crippen molar-refractivity contribution in [2.45, 2.75) is 13.0 Å². The molecule has 1 fully saturated rings. The van der Waals surface area contributed by atoms with E-state index >= 15 is 0 Å². The third-order valence-electron chi connectivity index (χ3n) is 3.26. The second-order valence-electron chi connectivity index (χ2n) is 4.43. The van der Waals surface area contributed by atoms with Gasteiger partial charge in [-0.25, -0.2) is 0 Å². The third-order valence-corrected chi connectivity index (χ3v) is 3.43. The lowest BCUT2D eigenvalue weighted by Gasteiger charge is -2.36. The van der Waals surface area contributed by atoms with Gasteiger partial charge in [0.25, 0.3) is 0 Å². The minimum Gasteiger partial charge on any atom is -0.480 e. The van der Waals surface area contributed by atoms with Gasteiger partial charge in [-0.15, -0.1) is 0 Å². The number of rotatable bonds is 4. The number of carboxylic acid groups (broad SMARTS) is 1. The van der Waals surface area contributed by atoms with Crippen molar-refractivity contribution < 1.29 is 14.6 Å². The van der Waals surface area contributed by atoms with Crippen LogP contribution >= 0.6 is 11.6 Å². The number of aliphatic carboxylic acids is 1. The lowest BCUT2D eigenvalue weighted by Crippen LogP contribution is -2.52. The first kappa shape index (κ1) is 14.7. The first-order valence-electron chi connectivity index (χ1n) is 6.18. The summed E-state index contributed by atoms with van der Waals surface area (Å²) in [4.78, 5) is 26.8. The van der Waals surface area contributed by atoms with Gasteiger partial charge in [0.05, 0.1) is 7.11 Å². The Hall–Kier alpha value is -1.67. The molecule has 0 saturated carbocycles. The minimum atomic E-state index is -0.816. The summed E-state index contributed by atoms with van der Waals surface area (Å²) >= 11 is 5.81. The van der Waals surface area contributed by atoms with Crippen molar-refractivity contribution in [2.24, 2.45) is 0 Å². The van der Waals surface area contributed by atoms with Gasteiger partial charge < -0.3 is 14.7 Å². The molecule has 2 heterocycles. The van der Waals surface area contributed by atoms with Crippen molar-refractivity contribution in [1.82, 2.24) is 19.9 Å². The van der Waals surface area contributed by atoms with Crippen molar-refractivity contribution in [1.29, 1.82) is 0 Å². The van der Waals surface area contributed by atoms with E-state index in [1.807, 2.05) is 9.80 Å². The average molecular weight is 302 g/mol. The Morgan fingerprint density at radius 3 is 2.50 bits per heavy atom. The molecule has 0 spiro atoms. The molecule has 1 aliphatic heterocycles. The predicted molar refractivity (Wildman–Crippen MR) is 72.3 cm³/mol. The summed E-state index contributed by atoms with van der Waals surface area (Å²) in [5, 5.41) is 9.08. The summed E-state index contributed by atoms with van der Waals surface area (Å²) in [5.74, 6) is -0.368. The molecular formula is C11H16ClN5O3. The first-order valence-corrected chi connectivity index (χ1v) is 6.56. The van der Waals surface area contributed by atoms with E-state index in [2.05, 4.69) is 15.0 Å². The molecule has 0 aliphatic carbocycles. The summed E-state index contributed by atoms with van der Waals surface area (Å²) in [6, 6.07) is -0.324. The van der Waals surface area contributed by atoms with E-state index < -0.39 is 12.0 Å². The SMILES string of the molecule is COc1nc(Cl)nc(N2CCN(C(C)C(=O)O)CC2)n1. The van der Waals surface area contributed by atoms with Crippen LogP contribution in [0.1, 0.15) is 6.92 Å². The molecule has 1 N–H and O–H groups in total. The number of ether oxygens (including phenoxy) is 1. The number of aromatic nitrogens is 3. The molecule has 110 valence electrons. The largest absolute Gasteiger partial charge is 0.480 e. The fourth-order valence-electron chi connectivity index (χ4n) is 2.02. The van der Waals surface area contributed by atoms with E-state index in [-0.39, 0.29) is 11.3 Å². The molecule has 0 radical (unpaired) electrons. The van der Waals surface area contributed by atoms with Crippen molar-refractivity contribution in [2.75, 3.05) is 38.2 Å². The number of hydrogen-bond acceptors (Lipinski definition) is 7. The zero-order chi connectivity index (χ0) is 14.7. The Morgan fingerprint density at radius 2 is 1.95 bits per heavy atom. The Bertz CT molecular complexity index is 493. The smallest absolute Gasteiger partial charge is 0.322 e. The van der Waals surface area contributed by atoms with Crippen LogP contribution in [0.25, 0.3) is 0 Å². The molecule has 20 heavy (non-hydrogen) atoms. The number of anilines is 1. The van der Waals surface area contributed by atoms with Crippen LogP contribution < -0.4 is 9.64 Å². The van der Waals surface area contributed by atoms with Crippen molar-refractivity contribution >= 4 is 23.5 Å². The van der Waals surface area contributed by atoms with Crippen LogP contribution in [0.5, 0.6) is 6.01 Å². The molecule has 1 aromatic heterocycles. The highest BCUT2D eigenvalue weighted by Gasteiger charge is 2.26. The molecule has 1 unspecified atom stereocenters. The van der Waals surface area contributed by atoms with Gasteiger partial charge in [-0.1, -0.05) is 0 Å². The lowest BCUT2D eigenvalue weighted by atomic mass is 10.2. The lowest BCUT2D eigenvalue weighted by molar-refractivity contribution is -0.142. The van der Waals surface area contributed by atoms with Gasteiger partial charge in [0.1, 0.15) is 6.04 Å². The van der Waals surface area contributed by atoms with Crippen molar-refractivity contribution in [3.8, 4) is 6.01 Å². The number of hydrogen-bond donors (Lipinski definition) is 1. The molecule has 8 nitrogen and oxygen atoms in total. The second kappa shape index (κ2) is 6.19. The van der Waals surface area contributed by atoms with Crippen LogP contribution in [0.4, 0.5) is 5.95 Å². The van der Waals surface area contributed by atoms with Crippen molar-refractivity contribution in [3.05, 3.63) is 5.28 Å². The summed E-state index contributed by atoms with van der Waals surface area (Å²) < 4.78 is 4.96. The quantitative estimate of drug-likeness (QED) is 0.839. The predicted octanol–water partition coefficient (Wildman–Crippen LogP) is 0.129. The van der Waals surface area contributed by atoms with Crippen LogP contribution in [0.15, 0.2) is 0 Å². The molecule has 2 rings (SSSR count). The fourth-order valence-corrected chi connectivity index (χ4v) is 2.17. The van der Waals surface area contributed by atoms with Gasteiger partial charge in [0.15, 0.2) is 0 Å². The van der Waals surface area contributed by atoms with E-state index in [1.165, 1.54) is 7.11 Å². The number of halogens is 1. The zero-order valence-electron chi connectivity index (χ0n) is 11.3. The Labute approximate surface area is 121 Å². The van der Waals surface area contributed by atoms with Gasteiger partial charge in [-0.05, 0) is 18.5 Å². The number of piperazine rings is 1. The number of carboxylic acids is 1. The van der Waals surface area contributed by atoms with E-state index in [0.29, 0.717) is 32.1 Å². The Balaban J connectivity index is 2.03. The third kappa shape index (κ3) is 3.26. The Morgan fingerprint density at radius 1 is 1.30 bits per heavy atom. The normalized spacial score (nSPS) is 17.9. The minimum absolute atomic E-state index is 0.0770. The summed E-state index contributed by atoms with van der Waals surface area (Å²) in [6.45, 7) is 4.18. The van der Waals surface area contributed by atoms with E-state index in [9.17, 15) is 4.79 Å². The maximum atomic E-state index is 11.0. The molecule has 1 aromatic rings. The molecule has 0 aromatic carbocycles. The molecular weight excluding hydrogens is 286 g/mol. The zero-order valence-corrected chi connectivity index (χ0v) is 12.0. The molecule has 1 aliphatic rings. The highest BCUT2D eigenvalue weighted by molar-refractivity contribution is 6.28. The summed E-state index contributed by atoms with van der Waals surface area (Å²) in [7, 11) is 1.46. The van der Waals surface area contributed by atoms with E-state index in [4.69, 9.17) is 21.4 Å². The average Bonchev–Trinajstić information content (AvgIpc) is 2.45. The Kier molecular flexibility index (Phi) is 4.56. The number of nitrogens with zero attached hydrogens (tertiary/aromatic N) is 5. The maximum Gasteiger partial charge on any atom is 0.322 e. The second-order valence-corrected chi connectivity index (χ2v) is 4.77. The summed E-state index contributed by atoms with van der Waals surface area (Å²) in [5.41, 5.74) is 0. The van der Waals surface area contributed by atoms with Gasteiger partial charge >= 0.3 is 12.0 Å². The standard InChI is InChI=1S/C11H16ClN5O3/c1-7(8(18)19)16-3-5-17(6-4-16)10-13-9(12)14-11(15-10)20-2/h7H,3-6H2,1-2H3,(H,18,19). The van der Waals surface area contributed by atoms with Crippen molar-refractivity contribution in [3.63, 3.8) is 0 Å². The number of methoxy groups -OCH3 is 1. The van der Waals surface area contributed by atoms with Gasteiger partial charge in [0, 0.05) is 26.2 Å². The fraction of sp³-hybridized carbons (Fsp3) is 0.636. The highest BCUT2D eigenvalue weighted by atomic mass is 35.5. The van der Waals surface area contributed by atoms with Crippen LogP contribution in [0.3, 0.4) is 0 Å². The monoisotopic (exact) mass is 301 g/mol. The van der Waals surface area contributed by atoms with E-state index in [0.717, 1.165) is 0 Å². The molecule has 0 bridgehead atoms. The topological polar surface area (TPSA) is 91.7 Å². The van der Waals surface area contributed by atoms with E-state index in [1.54, 1.807) is 6.92 Å². The van der Waals surface area contributed by atoms with Gasteiger partial charge in [-0.2, -0.15) is 15.0 Å². The van der Waals surface area contributed by atoms with Crippen LogP contribution in [0, 0.1) is 0 Å². The first-order chi connectivity index (χ1) is 9.51. The summed E-state index contributed by atoms with van der Waals surface area (Å²) in [6.07, 6.45) is 0.